The Labute approximate surface area is 72.1 Å². The van der Waals surface area contributed by atoms with Gasteiger partial charge in [-0.2, -0.15) is 0 Å². The van der Waals surface area contributed by atoms with Gasteiger partial charge in [-0.1, -0.05) is 12.5 Å². The molecule has 0 aromatic carbocycles. The summed E-state index contributed by atoms with van der Waals surface area (Å²) >= 11 is 0. The molecule has 0 atom stereocenters. The Balaban J connectivity index is 3.05. The van der Waals surface area contributed by atoms with E-state index in [0.717, 1.165) is 32.0 Å². The van der Waals surface area contributed by atoms with Crippen molar-refractivity contribution in [1.82, 2.24) is 0 Å². The molecule has 0 amide bonds. The molecule has 0 spiro atoms. The molecule has 1 N–H and O–H groups in total. The maximum atomic E-state index is 10.1. The van der Waals surface area contributed by atoms with Crippen LogP contribution < -0.4 is 0 Å². The van der Waals surface area contributed by atoms with Crippen LogP contribution in [-0.4, -0.2) is 17.4 Å². The first kappa shape index (κ1) is 10.9. The Kier molecular flexibility index (Phi) is 7.24. The molecular weight excluding hydrogens is 156 g/mol. The average molecular weight is 170 g/mol. The first-order valence-corrected chi connectivity index (χ1v) is 4.09. The lowest BCUT2D eigenvalue weighted by Crippen LogP contribution is -1.93. The van der Waals surface area contributed by atoms with E-state index in [9.17, 15) is 9.59 Å². The van der Waals surface area contributed by atoms with Crippen molar-refractivity contribution < 1.29 is 14.7 Å². The van der Waals surface area contributed by atoms with Gasteiger partial charge in [0, 0.05) is 6.42 Å². The second kappa shape index (κ2) is 7.98. The lowest BCUT2D eigenvalue weighted by atomic mass is 10.1. The molecule has 0 saturated heterocycles. The molecule has 0 aliphatic carbocycles. The number of hydrogen-bond donors (Lipinski definition) is 1. The maximum absolute atomic E-state index is 10.1. The summed E-state index contributed by atoms with van der Waals surface area (Å²) in [6.07, 6.45) is 7.72. The van der Waals surface area contributed by atoms with E-state index in [-0.39, 0.29) is 6.42 Å². The van der Waals surface area contributed by atoms with Crippen molar-refractivity contribution >= 4 is 12.3 Å². The third-order valence-electron chi connectivity index (χ3n) is 1.48. The van der Waals surface area contributed by atoms with E-state index in [4.69, 9.17) is 5.11 Å². The largest absolute Gasteiger partial charge is 0.481 e. The quantitative estimate of drug-likeness (QED) is 0.360. The molecule has 0 bridgehead atoms. The zero-order chi connectivity index (χ0) is 9.23. The van der Waals surface area contributed by atoms with Crippen LogP contribution in [0.2, 0.25) is 0 Å². The van der Waals surface area contributed by atoms with Gasteiger partial charge in [-0.3, -0.25) is 9.59 Å². The van der Waals surface area contributed by atoms with Crippen LogP contribution in [-0.2, 0) is 9.59 Å². The fourth-order valence-electron chi connectivity index (χ4n) is 0.867. The number of allylic oxidation sites excluding steroid dienone is 2. The van der Waals surface area contributed by atoms with E-state index < -0.39 is 5.97 Å². The van der Waals surface area contributed by atoms with Crippen LogP contribution in [0.1, 0.15) is 32.1 Å². The molecule has 0 aliphatic rings. The number of hydrogen-bond acceptors (Lipinski definition) is 2. The minimum Gasteiger partial charge on any atom is -0.481 e. The van der Waals surface area contributed by atoms with Crippen molar-refractivity contribution in [3.05, 3.63) is 12.2 Å². The van der Waals surface area contributed by atoms with Gasteiger partial charge in [0.15, 0.2) is 0 Å². The molecule has 0 aromatic heterocycles. The topological polar surface area (TPSA) is 54.4 Å². The highest BCUT2D eigenvalue weighted by Crippen LogP contribution is 2.03. The number of carbonyl (C=O) groups is 2. The van der Waals surface area contributed by atoms with Crippen LogP contribution in [0, 0.1) is 0 Å². The maximum Gasteiger partial charge on any atom is 0.303 e. The van der Waals surface area contributed by atoms with Crippen molar-refractivity contribution in [3.8, 4) is 0 Å². The second-order valence-electron chi connectivity index (χ2n) is 2.56. The lowest BCUT2D eigenvalue weighted by molar-refractivity contribution is -0.137. The standard InChI is InChI=1S/C9H14O3/c10-8-6-4-2-1-3-5-7-9(11)12/h4,6,8H,1-3,5,7H2,(H,11,12)/b6-4+. The smallest absolute Gasteiger partial charge is 0.303 e. The van der Waals surface area contributed by atoms with Gasteiger partial charge in [-0.25, -0.2) is 0 Å². The summed E-state index contributed by atoms with van der Waals surface area (Å²) in [7, 11) is 0. The zero-order valence-electron chi connectivity index (χ0n) is 7.03. The Morgan fingerprint density at radius 1 is 1.25 bits per heavy atom. The Morgan fingerprint density at radius 3 is 2.58 bits per heavy atom. The fourth-order valence-corrected chi connectivity index (χ4v) is 0.867. The predicted molar refractivity (Wildman–Crippen MR) is 45.9 cm³/mol. The van der Waals surface area contributed by atoms with Crippen LogP contribution in [0.15, 0.2) is 12.2 Å². The van der Waals surface area contributed by atoms with Crippen LogP contribution in [0.25, 0.3) is 0 Å². The van der Waals surface area contributed by atoms with E-state index in [1.807, 2.05) is 0 Å². The first-order chi connectivity index (χ1) is 5.77. The second-order valence-corrected chi connectivity index (χ2v) is 2.56. The summed E-state index contributed by atoms with van der Waals surface area (Å²) in [4.78, 5) is 19.9. The molecule has 0 heterocycles. The number of carbonyl (C=O) groups excluding carboxylic acids is 1. The van der Waals surface area contributed by atoms with Gasteiger partial charge in [0.05, 0.1) is 0 Å². The van der Waals surface area contributed by atoms with Crippen molar-refractivity contribution in [2.75, 3.05) is 0 Å². The number of unbranched alkanes of at least 4 members (excludes halogenated alkanes) is 3. The molecule has 12 heavy (non-hydrogen) atoms. The van der Waals surface area contributed by atoms with Crippen molar-refractivity contribution in [1.29, 1.82) is 0 Å². The van der Waals surface area contributed by atoms with Crippen LogP contribution in [0.3, 0.4) is 0 Å². The molecule has 68 valence electrons. The highest BCUT2D eigenvalue weighted by molar-refractivity contribution is 5.66. The molecule has 0 unspecified atom stereocenters. The minimum atomic E-state index is -0.738. The van der Waals surface area contributed by atoms with Gasteiger partial charge in [0.2, 0.25) is 0 Å². The van der Waals surface area contributed by atoms with Crippen molar-refractivity contribution in [3.63, 3.8) is 0 Å². The molecule has 3 heteroatoms. The molecular formula is C9H14O3. The van der Waals surface area contributed by atoms with E-state index in [1.165, 1.54) is 6.08 Å². The fraction of sp³-hybridized carbons (Fsp3) is 0.556. The number of aliphatic carboxylic acids is 1. The van der Waals surface area contributed by atoms with E-state index in [1.54, 1.807) is 6.08 Å². The van der Waals surface area contributed by atoms with Crippen LogP contribution in [0.5, 0.6) is 0 Å². The molecule has 0 radical (unpaired) electrons. The normalized spacial score (nSPS) is 10.3. The molecule has 0 aliphatic heterocycles. The third kappa shape index (κ3) is 8.88. The summed E-state index contributed by atoms with van der Waals surface area (Å²) in [5.41, 5.74) is 0. The predicted octanol–water partition coefficient (Wildman–Crippen LogP) is 1.78. The Bertz CT molecular complexity index is 161. The van der Waals surface area contributed by atoms with Gasteiger partial charge in [-0.05, 0) is 25.3 Å². The first-order valence-electron chi connectivity index (χ1n) is 4.09. The van der Waals surface area contributed by atoms with Gasteiger partial charge < -0.3 is 5.11 Å². The highest BCUT2D eigenvalue weighted by Gasteiger charge is 1.94. The molecule has 0 aromatic rings. The number of carboxylic acid groups (broad SMARTS) is 1. The van der Waals surface area contributed by atoms with Crippen LogP contribution >= 0.6 is 0 Å². The van der Waals surface area contributed by atoms with E-state index in [2.05, 4.69) is 0 Å². The van der Waals surface area contributed by atoms with Gasteiger partial charge >= 0.3 is 5.97 Å². The van der Waals surface area contributed by atoms with Crippen LogP contribution in [0.4, 0.5) is 0 Å². The lowest BCUT2D eigenvalue weighted by Gasteiger charge is -1.94. The SMILES string of the molecule is O=C/C=C/CCCCCC(=O)O. The van der Waals surface area contributed by atoms with E-state index in [0.29, 0.717) is 0 Å². The van der Waals surface area contributed by atoms with Gasteiger partial charge in [-0.15, -0.1) is 0 Å². The monoisotopic (exact) mass is 170 g/mol. The Morgan fingerprint density at radius 2 is 2.00 bits per heavy atom. The van der Waals surface area contributed by atoms with Crippen molar-refractivity contribution in [2.45, 2.75) is 32.1 Å². The van der Waals surface area contributed by atoms with E-state index >= 15 is 0 Å². The molecule has 0 rings (SSSR count). The summed E-state index contributed by atoms with van der Waals surface area (Å²) in [5, 5.41) is 8.29. The highest BCUT2D eigenvalue weighted by atomic mass is 16.4. The number of rotatable bonds is 7. The number of carboxylic acids is 1. The van der Waals surface area contributed by atoms with Gasteiger partial charge in [0.1, 0.15) is 6.29 Å². The summed E-state index contributed by atoms with van der Waals surface area (Å²) < 4.78 is 0. The van der Waals surface area contributed by atoms with Crippen molar-refractivity contribution in [2.24, 2.45) is 0 Å². The molecule has 0 fully saturated rings. The minimum absolute atomic E-state index is 0.247. The molecule has 3 nitrogen and oxygen atoms in total. The summed E-state index contributed by atoms with van der Waals surface area (Å²) in [6, 6.07) is 0. The Hall–Kier alpha value is -1.12. The average Bonchev–Trinajstić information content (AvgIpc) is 2.02. The van der Waals surface area contributed by atoms with Gasteiger partial charge in [0.25, 0.3) is 0 Å². The zero-order valence-corrected chi connectivity index (χ0v) is 7.03. The summed E-state index contributed by atoms with van der Waals surface area (Å²) in [6.45, 7) is 0. The molecule has 0 saturated carbocycles. The number of aldehydes is 1. The summed E-state index contributed by atoms with van der Waals surface area (Å²) in [5.74, 6) is -0.738. The third-order valence-corrected chi connectivity index (χ3v) is 1.48.